The minimum atomic E-state index is -4.06. The number of nitrogens with one attached hydrogen (secondary N) is 1. The van der Waals surface area contributed by atoms with Gasteiger partial charge in [-0.1, -0.05) is 50.2 Å². The van der Waals surface area contributed by atoms with Crippen molar-refractivity contribution in [3.63, 3.8) is 0 Å². The molecule has 0 unspecified atom stereocenters. The molecule has 1 N–H and O–H groups in total. The number of sulfonamides is 1. The molecule has 0 bridgehead atoms. The van der Waals surface area contributed by atoms with Crippen LogP contribution in [0.5, 0.6) is 0 Å². The lowest BCUT2D eigenvalue weighted by Crippen LogP contribution is -2.32. The number of nitrogens with zero attached hydrogens (tertiary/aromatic N) is 1. The molecule has 0 atom stereocenters. The molecule has 0 spiro atoms. The predicted molar refractivity (Wildman–Crippen MR) is 102 cm³/mol. The van der Waals surface area contributed by atoms with Crippen LogP contribution < -0.4 is 4.72 Å². The Hall–Kier alpha value is -3.02. The van der Waals surface area contributed by atoms with Crippen molar-refractivity contribution in [2.75, 3.05) is 13.2 Å². The number of nitriles is 1. The molecule has 0 saturated carbocycles. The average Bonchev–Trinajstić information content (AvgIpc) is 2.70. The van der Waals surface area contributed by atoms with Gasteiger partial charge in [0.05, 0.1) is 10.5 Å². The van der Waals surface area contributed by atoms with E-state index in [-0.39, 0.29) is 16.2 Å². The van der Waals surface area contributed by atoms with Gasteiger partial charge >= 0.3 is 5.97 Å². The molecule has 0 radical (unpaired) electrons. The molecule has 2 aromatic rings. The van der Waals surface area contributed by atoms with Crippen LogP contribution in [-0.4, -0.2) is 33.3 Å². The summed E-state index contributed by atoms with van der Waals surface area (Å²) in [5.41, 5.74) is 1.45. The smallest absolute Gasteiger partial charge is 0.321 e. The summed E-state index contributed by atoms with van der Waals surface area (Å²) in [4.78, 5) is 23.6. The Bertz CT molecular complexity index is 1010. The lowest BCUT2D eigenvalue weighted by atomic mass is 10.0. The lowest BCUT2D eigenvalue weighted by molar-refractivity contribution is -0.141. The molecule has 146 valence electrons. The number of ether oxygens (including phenoxy) is 1. The fourth-order valence-electron chi connectivity index (χ4n) is 2.36. The van der Waals surface area contributed by atoms with Gasteiger partial charge in [-0.05, 0) is 23.6 Å². The van der Waals surface area contributed by atoms with Gasteiger partial charge in [-0.3, -0.25) is 9.59 Å². The zero-order valence-electron chi connectivity index (χ0n) is 15.5. The quantitative estimate of drug-likeness (QED) is 0.538. The van der Waals surface area contributed by atoms with Gasteiger partial charge in [-0.15, -0.1) is 0 Å². The third-order valence-corrected chi connectivity index (χ3v) is 5.43. The number of carbonyl (C=O) groups is 2. The molecule has 0 aliphatic rings. The number of Topliss-reactive ketones (excluding diaryl/α,β-unsaturated/α-hetero) is 1. The molecule has 0 aromatic heterocycles. The van der Waals surface area contributed by atoms with Crippen LogP contribution in [0.25, 0.3) is 0 Å². The zero-order chi connectivity index (χ0) is 20.7. The van der Waals surface area contributed by atoms with Gasteiger partial charge in [0.2, 0.25) is 10.0 Å². The first kappa shape index (κ1) is 21.3. The second-order valence-corrected chi connectivity index (χ2v) is 8.03. The molecule has 0 saturated heterocycles. The molecule has 0 aliphatic heterocycles. The molecule has 0 heterocycles. The number of esters is 1. The maximum atomic E-state index is 12.2. The summed E-state index contributed by atoms with van der Waals surface area (Å²) in [7, 11) is -4.06. The summed E-state index contributed by atoms with van der Waals surface area (Å²) < 4.78 is 31.4. The van der Waals surface area contributed by atoms with Gasteiger partial charge in [-0.2, -0.15) is 9.98 Å². The lowest BCUT2D eigenvalue weighted by Gasteiger charge is -2.09. The largest absolute Gasteiger partial charge is 0.456 e. The number of ketones is 1. The third-order valence-electron chi connectivity index (χ3n) is 3.97. The molecular formula is C20H20N2O5S. The van der Waals surface area contributed by atoms with Crippen molar-refractivity contribution in [2.24, 2.45) is 0 Å². The first-order valence-corrected chi connectivity index (χ1v) is 10.0. The van der Waals surface area contributed by atoms with E-state index < -0.39 is 29.1 Å². The normalized spacial score (nSPS) is 11.1. The zero-order valence-corrected chi connectivity index (χ0v) is 16.3. The molecular weight excluding hydrogens is 380 g/mol. The molecule has 2 aromatic carbocycles. The summed E-state index contributed by atoms with van der Waals surface area (Å²) in [6.45, 7) is 2.93. The van der Waals surface area contributed by atoms with E-state index in [0.29, 0.717) is 11.5 Å². The van der Waals surface area contributed by atoms with Gasteiger partial charge in [-0.25, -0.2) is 8.42 Å². The van der Waals surface area contributed by atoms with Gasteiger partial charge in [0.25, 0.3) is 0 Å². The van der Waals surface area contributed by atoms with Crippen LogP contribution in [0.2, 0.25) is 0 Å². The van der Waals surface area contributed by atoms with Crippen LogP contribution in [0, 0.1) is 11.3 Å². The molecule has 28 heavy (non-hydrogen) atoms. The highest BCUT2D eigenvalue weighted by Crippen LogP contribution is 2.15. The van der Waals surface area contributed by atoms with Gasteiger partial charge in [0.15, 0.2) is 12.4 Å². The molecule has 0 amide bonds. The van der Waals surface area contributed by atoms with Crippen LogP contribution in [-0.2, 0) is 19.6 Å². The van der Waals surface area contributed by atoms with Gasteiger partial charge in [0, 0.05) is 5.56 Å². The van der Waals surface area contributed by atoms with E-state index in [1.807, 2.05) is 26.0 Å². The van der Waals surface area contributed by atoms with Crippen LogP contribution in [0.3, 0.4) is 0 Å². The Morgan fingerprint density at radius 2 is 1.75 bits per heavy atom. The Labute approximate surface area is 164 Å². The Balaban J connectivity index is 1.90. The highest BCUT2D eigenvalue weighted by Gasteiger charge is 2.20. The monoisotopic (exact) mass is 400 g/mol. The SMILES string of the molecule is CC(C)c1ccc(C(=O)COC(=O)CNS(=O)(=O)c2ccccc2C#N)cc1. The number of hydrogen-bond donors (Lipinski definition) is 1. The fraction of sp³-hybridized carbons (Fsp3) is 0.250. The summed E-state index contributed by atoms with van der Waals surface area (Å²) >= 11 is 0. The highest BCUT2D eigenvalue weighted by molar-refractivity contribution is 7.89. The predicted octanol–water partition coefficient (Wildman–Crippen LogP) is 2.39. The van der Waals surface area contributed by atoms with Crippen molar-refractivity contribution < 1.29 is 22.7 Å². The summed E-state index contributed by atoms with van der Waals surface area (Å²) in [6.07, 6.45) is 0. The van der Waals surface area contributed by atoms with Crippen molar-refractivity contribution in [3.05, 3.63) is 65.2 Å². The molecule has 8 heteroatoms. The van der Waals surface area contributed by atoms with E-state index in [1.165, 1.54) is 24.3 Å². The van der Waals surface area contributed by atoms with Crippen LogP contribution >= 0.6 is 0 Å². The van der Waals surface area contributed by atoms with E-state index in [2.05, 4.69) is 4.72 Å². The van der Waals surface area contributed by atoms with Crippen molar-refractivity contribution in [3.8, 4) is 6.07 Å². The van der Waals surface area contributed by atoms with E-state index in [0.717, 1.165) is 5.56 Å². The minimum absolute atomic E-state index is 0.0385. The molecule has 7 nitrogen and oxygen atoms in total. The average molecular weight is 400 g/mol. The Kier molecular flexibility index (Phi) is 7.04. The van der Waals surface area contributed by atoms with Crippen LogP contribution in [0.1, 0.15) is 41.3 Å². The van der Waals surface area contributed by atoms with E-state index >= 15 is 0 Å². The second-order valence-electron chi connectivity index (χ2n) is 6.29. The molecule has 2 rings (SSSR count). The number of benzene rings is 2. The van der Waals surface area contributed by atoms with Gasteiger partial charge in [0.1, 0.15) is 12.6 Å². The van der Waals surface area contributed by atoms with Crippen molar-refractivity contribution in [1.29, 1.82) is 5.26 Å². The maximum absolute atomic E-state index is 12.2. The topological polar surface area (TPSA) is 113 Å². The number of hydrogen-bond acceptors (Lipinski definition) is 6. The number of carbonyl (C=O) groups excluding carboxylic acids is 2. The Morgan fingerprint density at radius 3 is 2.36 bits per heavy atom. The van der Waals surface area contributed by atoms with Gasteiger partial charge < -0.3 is 4.74 Å². The van der Waals surface area contributed by atoms with Crippen LogP contribution in [0.4, 0.5) is 0 Å². The van der Waals surface area contributed by atoms with Crippen molar-refractivity contribution >= 4 is 21.8 Å². The van der Waals surface area contributed by atoms with E-state index in [1.54, 1.807) is 18.2 Å². The van der Waals surface area contributed by atoms with E-state index in [9.17, 15) is 18.0 Å². The minimum Gasteiger partial charge on any atom is -0.456 e. The molecule has 0 fully saturated rings. The summed E-state index contributed by atoms with van der Waals surface area (Å²) in [5.74, 6) is -0.951. The second kappa shape index (κ2) is 9.26. The van der Waals surface area contributed by atoms with Crippen LogP contribution in [0.15, 0.2) is 53.4 Å². The van der Waals surface area contributed by atoms with Crippen molar-refractivity contribution in [1.82, 2.24) is 4.72 Å². The fourth-order valence-corrected chi connectivity index (χ4v) is 3.48. The maximum Gasteiger partial charge on any atom is 0.321 e. The van der Waals surface area contributed by atoms with E-state index in [4.69, 9.17) is 10.00 Å². The van der Waals surface area contributed by atoms with Crippen molar-refractivity contribution in [2.45, 2.75) is 24.7 Å². The summed E-state index contributed by atoms with van der Waals surface area (Å²) in [5, 5.41) is 8.99. The summed E-state index contributed by atoms with van der Waals surface area (Å²) in [6, 6.07) is 14.4. The molecule has 0 aliphatic carbocycles. The number of rotatable bonds is 8. The third kappa shape index (κ3) is 5.49. The highest BCUT2D eigenvalue weighted by atomic mass is 32.2. The first-order chi connectivity index (χ1) is 13.2. The standard InChI is InChI=1S/C20H20N2O5S/c1-14(2)15-7-9-16(10-8-15)18(23)13-27-20(24)12-22-28(25,26)19-6-4-3-5-17(19)11-21/h3-10,14,22H,12-13H2,1-2H3. The Morgan fingerprint density at radius 1 is 1.11 bits per heavy atom. The first-order valence-electron chi connectivity index (χ1n) is 8.52.